The van der Waals surface area contributed by atoms with Crippen molar-refractivity contribution in [2.75, 3.05) is 7.05 Å². The second-order valence-corrected chi connectivity index (χ2v) is 3.18. The molecule has 0 radical (unpaired) electrons. The second-order valence-electron chi connectivity index (χ2n) is 2.75. The summed E-state index contributed by atoms with van der Waals surface area (Å²) in [7, 11) is 1.66. The maximum atomic E-state index is 5.74. The highest BCUT2D eigenvalue weighted by Crippen LogP contribution is 1.98. The third kappa shape index (κ3) is 6.48. The Hall–Kier alpha value is -1.03. The lowest BCUT2D eigenvalue weighted by molar-refractivity contribution is -0.0944. The summed E-state index contributed by atoms with van der Waals surface area (Å²) in [6.07, 6.45) is 0.694. The van der Waals surface area contributed by atoms with Crippen LogP contribution in [0.1, 0.15) is 27.2 Å². The topological polar surface area (TPSA) is 37.2 Å². The largest absolute Gasteiger partial charge is 0.368 e. The molecule has 0 amide bonds. The molecule has 0 N–H and O–H groups in total. The number of hydrazone groups is 1. The number of halogens is 1. The third-order valence-electron chi connectivity index (χ3n) is 1.15. The van der Waals surface area contributed by atoms with Gasteiger partial charge in [-0.15, -0.1) is 10.3 Å². The summed E-state index contributed by atoms with van der Waals surface area (Å²) in [6, 6.07) is 0. The van der Waals surface area contributed by atoms with Crippen LogP contribution in [-0.4, -0.2) is 23.2 Å². The van der Waals surface area contributed by atoms with Crippen LogP contribution in [-0.2, 0) is 4.84 Å². The molecule has 14 heavy (non-hydrogen) atoms. The number of hydrogen-bond acceptors (Lipinski definition) is 3. The van der Waals surface area contributed by atoms with Crippen molar-refractivity contribution in [3.8, 4) is 0 Å². The van der Waals surface area contributed by atoms with Crippen LogP contribution in [0.15, 0.2) is 22.4 Å². The summed E-state index contributed by atoms with van der Waals surface area (Å²) in [5.74, 6) is 1.11. The molecule has 0 saturated heterocycles. The smallest absolute Gasteiger partial charge is 0.150 e. The van der Waals surface area contributed by atoms with Crippen molar-refractivity contribution >= 4 is 22.6 Å². The Bertz CT molecular complexity index is 261. The van der Waals surface area contributed by atoms with E-state index in [1.807, 2.05) is 6.92 Å². The van der Waals surface area contributed by atoms with Crippen LogP contribution in [0, 0.1) is 0 Å². The molecule has 0 atom stereocenters. The van der Waals surface area contributed by atoms with Gasteiger partial charge in [-0.3, -0.25) is 0 Å². The average molecular weight is 218 g/mol. The number of aliphatic imine (C=N–C) groups is 1. The maximum Gasteiger partial charge on any atom is 0.150 e. The molecule has 0 bridgehead atoms. The van der Waals surface area contributed by atoms with Gasteiger partial charge < -0.3 is 4.84 Å². The molecule has 0 rings (SSSR count). The molecule has 4 nitrogen and oxygen atoms in total. The van der Waals surface area contributed by atoms with E-state index >= 15 is 0 Å². The fourth-order valence-electron chi connectivity index (χ4n) is 0.727. The number of hydroxylamine groups is 1. The average Bonchev–Trinajstić information content (AvgIpc) is 2.01. The van der Waals surface area contributed by atoms with Crippen molar-refractivity contribution in [2.24, 2.45) is 10.1 Å². The first-order valence-corrected chi connectivity index (χ1v) is 4.69. The van der Waals surface area contributed by atoms with Gasteiger partial charge in [0.1, 0.15) is 16.8 Å². The first kappa shape index (κ1) is 13.0. The Morgan fingerprint density at radius 1 is 1.50 bits per heavy atom. The Kier molecular flexibility index (Phi) is 5.95. The molecule has 0 fully saturated rings. The minimum absolute atomic E-state index is 0.523. The van der Waals surface area contributed by atoms with Gasteiger partial charge in [-0.1, -0.05) is 25.1 Å². The second kappa shape index (κ2) is 6.43. The maximum absolute atomic E-state index is 5.74. The zero-order valence-corrected chi connectivity index (χ0v) is 9.80. The van der Waals surface area contributed by atoms with Crippen molar-refractivity contribution < 1.29 is 4.84 Å². The lowest BCUT2D eigenvalue weighted by Crippen LogP contribution is -2.12. The monoisotopic (exact) mass is 217 g/mol. The third-order valence-corrected chi connectivity index (χ3v) is 1.50. The molecule has 0 aliphatic carbocycles. The summed E-state index contributed by atoms with van der Waals surface area (Å²) >= 11 is 5.74. The quantitative estimate of drug-likeness (QED) is 0.314. The van der Waals surface area contributed by atoms with E-state index in [1.54, 1.807) is 20.9 Å². The minimum Gasteiger partial charge on any atom is -0.368 e. The van der Waals surface area contributed by atoms with Crippen molar-refractivity contribution in [3.05, 3.63) is 12.3 Å². The summed E-state index contributed by atoms with van der Waals surface area (Å²) in [5.41, 5.74) is 0. The lowest BCUT2D eigenvalue weighted by atomic mass is 10.5. The van der Waals surface area contributed by atoms with E-state index in [1.165, 1.54) is 5.17 Å². The summed E-state index contributed by atoms with van der Waals surface area (Å²) in [4.78, 5) is 9.10. The van der Waals surface area contributed by atoms with Gasteiger partial charge in [0, 0.05) is 0 Å². The fourth-order valence-corrected chi connectivity index (χ4v) is 0.849. The van der Waals surface area contributed by atoms with Gasteiger partial charge in [-0.25, -0.2) is 4.99 Å². The number of hydrogen-bond donors (Lipinski definition) is 0. The van der Waals surface area contributed by atoms with E-state index in [2.05, 4.69) is 16.7 Å². The fraction of sp³-hybridized carbons (Fsp3) is 0.556. The molecule has 0 aromatic carbocycles. The standard InChI is InChI=1S/C9H16ClN3O/c1-6-9(10)11-8(4)12-13(5)14-7(2)3/h2,6H2,1,3-5H3/b11-9+,12-8-. The van der Waals surface area contributed by atoms with E-state index in [0.29, 0.717) is 23.2 Å². The molecule has 5 heteroatoms. The molecule has 0 aliphatic heterocycles. The zero-order valence-electron chi connectivity index (χ0n) is 9.04. The Morgan fingerprint density at radius 3 is 2.50 bits per heavy atom. The Morgan fingerprint density at radius 2 is 2.07 bits per heavy atom. The van der Waals surface area contributed by atoms with Crippen molar-refractivity contribution in [1.82, 2.24) is 5.17 Å². The van der Waals surface area contributed by atoms with Crippen molar-refractivity contribution in [3.63, 3.8) is 0 Å². The van der Waals surface area contributed by atoms with Crippen LogP contribution in [0.25, 0.3) is 0 Å². The summed E-state index contributed by atoms with van der Waals surface area (Å²) < 4.78 is 0. The van der Waals surface area contributed by atoms with Crippen LogP contribution in [0.5, 0.6) is 0 Å². The van der Waals surface area contributed by atoms with Crippen LogP contribution >= 0.6 is 11.6 Å². The van der Waals surface area contributed by atoms with Crippen LogP contribution < -0.4 is 0 Å². The van der Waals surface area contributed by atoms with E-state index in [0.717, 1.165) is 0 Å². The Labute approximate surface area is 89.9 Å². The summed E-state index contributed by atoms with van der Waals surface area (Å²) in [5, 5.41) is 5.82. The van der Waals surface area contributed by atoms with Crippen LogP contribution in [0.4, 0.5) is 0 Å². The first-order valence-electron chi connectivity index (χ1n) is 4.31. The van der Waals surface area contributed by atoms with Crippen LogP contribution in [0.3, 0.4) is 0 Å². The van der Waals surface area contributed by atoms with E-state index in [4.69, 9.17) is 16.4 Å². The van der Waals surface area contributed by atoms with Gasteiger partial charge in [0.15, 0.2) is 0 Å². The normalized spacial score (nSPS) is 12.6. The highest BCUT2D eigenvalue weighted by Gasteiger charge is 1.96. The van der Waals surface area contributed by atoms with Crippen LogP contribution in [0.2, 0.25) is 0 Å². The predicted molar refractivity (Wildman–Crippen MR) is 60.4 cm³/mol. The molecular formula is C9H16ClN3O. The SMILES string of the molecule is C=C(C)ON(C)/N=C(C)\N=C(\Cl)CC. The molecule has 0 aromatic heterocycles. The molecule has 0 aliphatic rings. The molecular weight excluding hydrogens is 202 g/mol. The van der Waals surface area contributed by atoms with Gasteiger partial charge in [0.25, 0.3) is 0 Å². The number of amidine groups is 1. The van der Waals surface area contributed by atoms with E-state index < -0.39 is 0 Å². The highest BCUT2D eigenvalue weighted by molar-refractivity contribution is 6.66. The van der Waals surface area contributed by atoms with Crippen molar-refractivity contribution in [1.29, 1.82) is 0 Å². The van der Waals surface area contributed by atoms with Crippen molar-refractivity contribution in [2.45, 2.75) is 27.2 Å². The number of allylic oxidation sites excluding steroid dienone is 1. The Balaban J connectivity index is 4.29. The van der Waals surface area contributed by atoms with Gasteiger partial charge >= 0.3 is 0 Å². The molecule has 0 spiro atoms. The molecule has 0 aromatic rings. The van der Waals surface area contributed by atoms with E-state index in [-0.39, 0.29) is 0 Å². The lowest BCUT2D eigenvalue weighted by Gasteiger charge is -2.13. The molecule has 80 valence electrons. The zero-order chi connectivity index (χ0) is 11.1. The predicted octanol–water partition coefficient (Wildman–Crippen LogP) is 2.76. The molecule has 0 heterocycles. The molecule has 0 unspecified atom stereocenters. The first-order chi connectivity index (χ1) is 6.45. The van der Waals surface area contributed by atoms with E-state index in [9.17, 15) is 0 Å². The molecule has 0 saturated carbocycles. The van der Waals surface area contributed by atoms with Gasteiger partial charge in [0.2, 0.25) is 0 Å². The minimum atomic E-state index is 0.523. The van der Waals surface area contributed by atoms with Gasteiger partial charge in [0.05, 0.1) is 7.05 Å². The highest BCUT2D eigenvalue weighted by atomic mass is 35.5. The number of nitrogens with zero attached hydrogens (tertiary/aromatic N) is 3. The number of rotatable bonds is 4. The summed E-state index contributed by atoms with van der Waals surface area (Å²) in [6.45, 7) is 8.99. The van der Waals surface area contributed by atoms with Gasteiger partial charge in [-0.2, -0.15) is 0 Å². The van der Waals surface area contributed by atoms with Gasteiger partial charge in [-0.05, 0) is 20.3 Å².